The predicted octanol–water partition coefficient (Wildman–Crippen LogP) is 2.72. The molecular weight excluding hydrogens is 200 g/mol. The summed E-state index contributed by atoms with van der Waals surface area (Å²) in [7, 11) is 0. The summed E-state index contributed by atoms with van der Waals surface area (Å²) >= 11 is 0. The number of rotatable bonds is 7. The maximum absolute atomic E-state index is 9.90. The van der Waals surface area contributed by atoms with Crippen molar-refractivity contribution in [3.63, 3.8) is 0 Å². The fourth-order valence-electron chi connectivity index (χ4n) is 0.732. The average molecular weight is 214 g/mol. The molecule has 0 bridgehead atoms. The van der Waals surface area contributed by atoms with Gasteiger partial charge in [0.25, 0.3) is 0 Å². The van der Waals surface area contributed by atoms with Gasteiger partial charge in [0.15, 0.2) is 0 Å². The van der Waals surface area contributed by atoms with Crippen LogP contribution in [0.4, 0.5) is 0 Å². The SMILES string of the molecule is O=CC=CC=CC=CC=CC=CC=CC=O. The molecule has 0 radical (unpaired) electrons. The fourth-order valence-corrected chi connectivity index (χ4v) is 0.732. The van der Waals surface area contributed by atoms with Crippen LogP contribution in [0.2, 0.25) is 0 Å². The Morgan fingerprint density at radius 3 is 0.688 bits per heavy atom. The van der Waals surface area contributed by atoms with E-state index in [1.54, 1.807) is 24.3 Å². The normalized spacial score (nSPS) is 13.2. The van der Waals surface area contributed by atoms with E-state index in [0.717, 1.165) is 12.6 Å². The average Bonchev–Trinajstić information content (AvgIpc) is 2.31. The largest absolute Gasteiger partial charge is 0.299 e. The van der Waals surface area contributed by atoms with Crippen LogP contribution in [-0.2, 0) is 9.59 Å². The van der Waals surface area contributed by atoms with Crippen molar-refractivity contribution in [3.05, 3.63) is 72.9 Å². The maximum atomic E-state index is 9.90. The lowest BCUT2D eigenvalue weighted by molar-refractivity contribution is -0.104. The van der Waals surface area contributed by atoms with Gasteiger partial charge in [0.1, 0.15) is 12.6 Å². The monoisotopic (exact) mass is 214 g/mol. The first-order valence-corrected chi connectivity index (χ1v) is 4.80. The molecule has 0 aliphatic heterocycles. The number of hydrogen-bond donors (Lipinski definition) is 0. The molecule has 0 aliphatic rings. The van der Waals surface area contributed by atoms with Gasteiger partial charge >= 0.3 is 0 Å². The fraction of sp³-hybridized carbons (Fsp3) is 0. The quantitative estimate of drug-likeness (QED) is 0.371. The standard InChI is InChI=1S/C14H14O2/c15-13-11-9-7-5-3-1-2-4-6-8-10-12-14-16/h1-14H. The molecule has 0 aromatic carbocycles. The molecule has 0 amide bonds. The van der Waals surface area contributed by atoms with Gasteiger partial charge in [-0.3, -0.25) is 9.59 Å². The van der Waals surface area contributed by atoms with Gasteiger partial charge in [0.05, 0.1) is 0 Å². The summed E-state index contributed by atoms with van der Waals surface area (Å²) in [5.74, 6) is 0. The van der Waals surface area contributed by atoms with Crippen molar-refractivity contribution < 1.29 is 9.59 Å². The summed E-state index contributed by atoms with van der Waals surface area (Å²) in [5.41, 5.74) is 0. The van der Waals surface area contributed by atoms with Crippen LogP contribution in [0.3, 0.4) is 0 Å². The van der Waals surface area contributed by atoms with Crippen molar-refractivity contribution in [2.24, 2.45) is 0 Å². The molecule has 0 aromatic heterocycles. The molecule has 82 valence electrons. The molecule has 0 atom stereocenters. The Labute approximate surface area is 95.7 Å². The van der Waals surface area contributed by atoms with Crippen LogP contribution in [0.1, 0.15) is 0 Å². The summed E-state index contributed by atoms with van der Waals surface area (Å²) in [5, 5.41) is 0. The van der Waals surface area contributed by atoms with Gasteiger partial charge in [-0.15, -0.1) is 0 Å². The van der Waals surface area contributed by atoms with Crippen LogP contribution in [0.25, 0.3) is 0 Å². The van der Waals surface area contributed by atoms with Crippen LogP contribution in [0, 0.1) is 0 Å². The van der Waals surface area contributed by atoms with Crippen molar-refractivity contribution >= 4 is 12.6 Å². The molecular formula is C14H14O2. The number of allylic oxidation sites excluding steroid dienone is 12. The van der Waals surface area contributed by atoms with E-state index < -0.39 is 0 Å². The molecule has 0 heterocycles. The second-order valence-electron chi connectivity index (χ2n) is 2.58. The van der Waals surface area contributed by atoms with Crippen molar-refractivity contribution in [2.75, 3.05) is 0 Å². The van der Waals surface area contributed by atoms with E-state index in [2.05, 4.69) is 0 Å². The second kappa shape index (κ2) is 12.8. The van der Waals surface area contributed by atoms with Gasteiger partial charge in [0, 0.05) is 0 Å². The second-order valence-corrected chi connectivity index (χ2v) is 2.58. The molecule has 0 rings (SSSR count). The van der Waals surface area contributed by atoms with Crippen molar-refractivity contribution in [2.45, 2.75) is 0 Å². The van der Waals surface area contributed by atoms with E-state index in [9.17, 15) is 9.59 Å². The zero-order chi connectivity index (χ0) is 11.9. The third-order valence-corrected chi connectivity index (χ3v) is 1.38. The Morgan fingerprint density at radius 2 is 0.500 bits per heavy atom. The molecule has 0 unspecified atom stereocenters. The van der Waals surface area contributed by atoms with Crippen LogP contribution >= 0.6 is 0 Å². The Kier molecular flexibility index (Phi) is 11.0. The van der Waals surface area contributed by atoms with E-state index in [-0.39, 0.29) is 0 Å². The Balaban J connectivity index is 3.78. The van der Waals surface area contributed by atoms with Gasteiger partial charge in [-0.05, 0) is 12.2 Å². The number of aldehydes is 2. The van der Waals surface area contributed by atoms with E-state index in [1.807, 2.05) is 36.5 Å². The number of carbonyl (C=O) groups excluding carboxylic acids is 2. The lowest BCUT2D eigenvalue weighted by Crippen LogP contribution is -1.56. The molecule has 0 N–H and O–H groups in total. The van der Waals surface area contributed by atoms with E-state index >= 15 is 0 Å². The molecule has 0 saturated heterocycles. The Bertz CT molecular complexity index is 317. The predicted molar refractivity (Wildman–Crippen MR) is 67.0 cm³/mol. The summed E-state index contributed by atoms with van der Waals surface area (Å²) in [6.07, 6.45) is 22.2. The molecule has 0 spiro atoms. The van der Waals surface area contributed by atoms with Crippen molar-refractivity contribution in [1.82, 2.24) is 0 Å². The zero-order valence-electron chi connectivity index (χ0n) is 8.90. The third kappa shape index (κ3) is 11.8. The molecule has 0 saturated carbocycles. The molecule has 0 fully saturated rings. The highest BCUT2D eigenvalue weighted by molar-refractivity contribution is 5.65. The summed E-state index contributed by atoms with van der Waals surface area (Å²) in [6, 6.07) is 0. The molecule has 2 heteroatoms. The number of carbonyl (C=O) groups is 2. The van der Waals surface area contributed by atoms with E-state index in [4.69, 9.17) is 0 Å². The maximum Gasteiger partial charge on any atom is 0.142 e. The summed E-state index contributed by atoms with van der Waals surface area (Å²) in [6.45, 7) is 0. The highest BCUT2D eigenvalue weighted by atomic mass is 16.1. The van der Waals surface area contributed by atoms with Gasteiger partial charge in [-0.25, -0.2) is 0 Å². The van der Waals surface area contributed by atoms with Crippen LogP contribution < -0.4 is 0 Å². The van der Waals surface area contributed by atoms with Gasteiger partial charge in [-0.1, -0.05) is 60.8 Å². The van der Waals surface area contributed by atoms with E-state index in [1.165, 1.54) is 12.2 Å². The first-order valence-electron chi connectivity index (χ1n) is 4.80. The van der Waals surface area contributed by atoms with Gasteiger partial charge < -0.3 is 0 Å². The smallest absolute Gasteiger partial charge is 0.142 e. The molecule has 16 heavy (non-hydrogen) atoms. The topological polar surface area (TPSA) is 34.1 Å². The lowest BCUT2D eigenvalue weighted by atomic mass is 10.3. The summed E-state index contributed by atoms with van der Waals surface area (Å²) < 4.78 is 0. The molecule has 0 aliphatic carbocycles. The highest BCUT2D eigenvalue weighted by Crippen LogP contribution is 1.83. The Morgan fingerprint density at radius 1 is 0.312 bits per heavy atom. The van der Waals surface area contributed by atoms with Gasteiger partial charge in [-0.2, -0.15) is 0 Å². The van der Waals surface area contributed by atoms with E-state index in [0.29, 0.717) is 0 Å². The van der Waals surface area contributed by atoms with Crippen LogP contribution in [0.15, 0.2) is 72.9 Å². The zero-order valence-corrected chi connectivity index (χ0v) is 8.90. The number of hydrogen-bond acceptors (Lipinski definition) is 2. The van der Waals surface area contributed by atoms with Crippen LogP contribution in [-0.4, -0.2) is 12.6 Å². The minimum atomic E-state index is 0.728. The minimum Gasteiger partial charge on any atom is -0.299 e. The first kappa shape index (κ1) is 13.8. The third-order valence-electron chi connectivity index (χ3n) is 1.38. The summed E-state index contributed by atoms with van der Waals surface area (Å²) in [4.78, 5) is 19.8. The van der Waals surface area contributed by atoms with Crippen molar-refractivity contribution in [3.8, 4) is 0 Å². The highest BCUT2D eigenvalue weighted by Gasteiger charge is 1.64. The lowest BCUT2D eigenvalue weighted by Gasteiger charge is -1.73. The van der Waals surface area contributed by atoms with Crippen LogP contribution in [0.5, 0.6) is 0 Å². The first-order chi connectivity index (χ1) is 7.91. The minimum absolute atomic E-state index is 0.728. The molecule has 2 nitrogen and oxygen atoms in total. The molecule has 0 aromatic rings. The Hall–Kier alpha value is -2.22. The van der Waals surface area contributed by atoms with Crippen molar-refractivity contribution in [1.29, 1.82) is 0 Å². The van der Waals surface area contributed by atoms with Gasteiger partial charge in [0.2, 0.25) is 0 Å².